The van der Waals surface area contributed by atoms with Crippen LogP contribution < -0.4 is 9.47 Å². The molecule has 1 aromatic heterocycles. The van der Waals surface area contributed by atoms with E-state index in [9.17, 15) is 9.18 Å². The summed E-state index contributed by atoms with van der Waals surface area (Å²) in [6, 6.07) is 19.4. The molecule has 0 aliphatic carbocycles. The fourth-order valence-electron chi connectivity index (χ4n) is 4.65. The number of halogens is 1. The van der Waals surface area contributed by atoms with Crippen LogP contribution in [0, 0.1) is 5.82 Å². The summed E-state index contributed by atoms with van der Waals surface area (Å²) in [6.07, 6.45) is 0.743. The van der Waals surface area contributed by atoms with Gasteiger partial charge in [-0.1, -0.05) is 24.3 Å². The monoisotopic (exact) mass is 414 g/mol. The zero-order valence-electron chi connectivity index (χ0n) is 16.6. The van der Waals surface area contributed by atoms with Gasteiger partial charge in [0.05, 0.1) is 6.04 Å². The predicted octanol–water partition coefficient (Wildman–Crippen LogP) is 4.82. The van der Waals surface area contributed by atoms with Gasteiger partial charge in [0.1, 0.15) is 5.82 Å². The molecule has 31 heavy (non-hydrogen) atoms. The molecule has 2 aliphatic rings. The molecule has 6 heteroatoms. The number of hydrogen-bond donors (Lipinski definition) is 1. The maximum atomic E-state index is 13.5. The Morgan fingerprint density at radius 2 is 1.81 bits per heavy atom. The number of fused-ring (bicyclic) bond motifs is 4. The lowest BCUT2D eigenvalue weighted by molar-refractivity contribution is 0.0691. The highest BCUT2D eigenvalue weighted by Gasteiger charge is 2.35. The van der Waals surface area contributed by atoms with E-state index in [0.29, 0.717) is 23.6 Å². The number of hydrogen-bond acceptors (Lipinski definition) is 3. The summed E-state index contributed by atoms with van der Waals surface area (Å²) in [5.74, 6) is 0.884. The standard InChI is InChI=1S/C25H19FN2O3/c26-17-8-5-15(6-9-17)25(29)28-12-11-19-18-3-1-2-4-20(18)27-23(19)24(28)16-7-10-21-22(13-16)31-14-30-21/h1-10,13,24,27H,11-12,14H2/t24-/m0/s1. The van der Waals surface area contributed by atoms with E-state index < -0.39 is 0 Å². The summed E-state index contributed by atoms with van der Waals surface area (Å²) in [5, 5.41) is 1.18. The smallest absolute Gasteiger partial charge is 0.254 e. The van der Waals surface area contributed by atoms with Crippen LogP contribution in [0.4, 0.5) is 4.39 Å². The molecule has 3 aromatic carbocycles. The molecule has 5 nitrogen and oxygen atoms in total. The molecule has 4 aromatic rings. The van der Waals surface area contributed by atoms with Crippen molar-refractivity contribution in [1.82, 2.24) is 9.88 Å². The fourth-order valence-corrected chi connectivity index (χ4v) is 4.65. The van der Waals surface area contributed by atoms with Crippen LogP contribution in [0.15, 0.2) is 66.7 Å². The van der Waals surface area contributed by atoms with Crippen molar-refractivity contribution in [2.75, 3.05) is 13.3 Å². The number of nitrogens with zero attached hydrogens (tertiary/aromatic N) is 1. The van der Waals surface area contributed by atoms with E-state index in [1.165, 1.54) is 35.2 Å². The van der Waals surface area contributed by atoms with Crippen LogP contribution in [0.5, 0.6) is 11.5 Å². The highest BCUT2D eigenvalue weighted by molar-refractivity contribution is 5.95. The number of carbonyl (C=O) groups excluding carboxylic acids is 1. The second kappa shape index (κ2) is 6.87. The minimum atomic E-state index is -0.361. The average Bonchev–Trinajstić information content (AvgIpc) is 3.42. The van der Waals surface area contributed by atoms with E-state index in [0.717, 1.165) is 23.2 Å². The molecule has 1 atom stereocenters. The van der Waals surface area contributed by atoms with Gasteiger partial charge in [-0.15, -0.1) is 0 Å². The summed E-state index contributed by atoms with van der Waals surface area (Å²) in [4.78, 5) is 18.9. The minimum Gasteiger partial charge on any atom is -0.454 e. The predicted molar refractivity (Wildman–Crippen MR) is 114 cm³/mol. The Bertz CT molecular complexity index is 1310. The number of para-hydroxylation sites is 1. The van der Waals surface area contributed by atoms with E-state index in [4.69, 9.17) is 9.47 Å². The molecule has 0 saturated carbocycles. The van der Waals surface area contributed by atoms with Crippen LogP contribution in [-0.4, -0.2) is 29.1 Å². The molecule has 0 unspecified atom stereocenters. The lowest BCUT2D eigenvalue weighted by Gasteiger charge is -2.36. The van der Waals surface area contributed by atoms with Gasteiger partial charge in [-0.3, -0.25) is 4.79 Å². The molecule has 0 spiro atoms. The molecule has 2 aliphatic heterocycles. The third kappa shape index (κ3) is 2.86. The quantitative estimate of drug-likeness (QED) is 0.512. The van der Waals surface area contributed by atoms with Crippen molar-refractivity contribution in [3.05, 3.63) is 94.9 Å². The summed E-state index contributed by atoms with van der Waals surface area (Å²) in [7, 11) is 0. The summed E-state index contributed by atoms with van der Waals surface area (Å²) in [5.41, 5.74) is 4.68. The van der Waals surface area contributed by atoms with E-state index in [2.05, 4.69) is 17.1 Å². The molecular weight excluding hydrogens is 395 g/mol. The molecule has 6 rings (SSSR count). The van der Waals surface area contributed by atoms with Crippen LogP contribution in [-0.2, 0) is 6.42 Å². The van der Waals surface area contributed by atoms with E-state index in [1.54, 1.807) is 0 Å². The van der Waals surface area contributed by atoms with Crippen molar-refractivity contribution in [1.29, 1.82) is 0 Å². The number of nitrogens with one attached hydrogen (secondary N) is 1. The zero-order valence-corrected chi connectivity index (χ0v) is 16.6. The second-order valence-electron chi connectivity index (χ2n) is 7.83. The number of ether oxygens (including phenoxy) is 2. The Morgan fingerprint density at radius 1 is 1.00 bits per heavy atom. The molecule has 0 saturated heterocycles. The molecule has 0 fully saturated rings. The Labute approximate surface area is 178 Å². The molecular formula is C25H19FN2O3. The Balaban J connectivity index is 1.51. The first-order chi connectivity index (χ1) is 15.2. The van der Waals surface area contributed by atoms with Crippen LogP contribution in [0.3, 0.4) is 0 Å². The van der Waals surface area contributed by atoms with Gasteiger partial charge in [0, 0.05) is 28.7 Å². The van der Waals surface area contributed by atoms with Gasteiger partial charge in [0.15, 0.2) is 11.5 Å². The van der Waals surface area contributed by atoms with Crippen LogP contribution >= 0.6 is 0 Å². The third-order valence-corrected chi connectivity index (χ3v) is 6.10. The van der Waals surface area contributed by atoms with Gasteiger partial charge < -0.3 is 19.4 Å². The molecule has 1 amide bonds. The van der Waals surface area contributed by atoms with Gasteiger partial charge in [-0.2, -0.15) is 0 Å². The first kappa shape index (κ1) is 18.0. The molecule has 1 N–H and O–H groups in total. The maximum absolute atomic E-state index is 13.5. The van der Waals surface area contributed by atoms with Gasteiger partial charge in [-0.05, 0) is 60.0 Å². The summed E-state index contributed by atoms with van der Waals surface area (Å²) < 4.78 is 24.5. The van der Waals surface area contributed by atoms with Gasteiger partial charge >= 0.3 is 0 Å². The number of benzene rings is 3. The van der Waals surface area contributed by atoms with Crippen molar-refractivity contribution in [3.63, 3.8) is 0 Å². The van der Waals surface area contributed by atoms with Crippen molar-refractivity contribution in [2.24, 2.45) is 0 Å². The average molecular weight is 414 g/mol. The SMILES string of the molecule is O=C(c1ccc(F)cc1)N1CCc2c([nH]c3ccccc23)[C@@H]1c1ccc2c(c1)OCO2. The van der Waals surface area contributed by atoms with Crippen LogP contribution in [0.1, 0.15) is 33.2 Å². The number of amides is 1. The van der Waals surface area contributed by atoms with Crippen LogP contribution in [0.25, 0.3) is 10.9 Å². The van der Waals surface area contributed by atoms with Crippen molar-refractivity contribution < 1.29 is 18.7 Å². The Kier molecular flexibility index (Phi) is 3.99. The minimum absolute atomic E-state index is 0.132. The van der Waals surface area contributed by atoms with E-state index >= 15 is 0 Å². The number of rotatable bonds is 2. The zero-order chi connectivity index (χ0) is 20.9. The number of carbonyl (C=O) groups is 1. The largest absolute Gasteiger partial charge is 0.454 e. The van der Waals surface area contributed by atoms with Gasteiger partial charge in [-0.25, -0.2) is 4.39 Å². The normalized spacial score (nSPS) is 17.1. The molecule has 3 heterocycles. The summed E-state index contributed by atoms with van der Waals surface area (Å²) in [6.45, 7) is 0.753. The number of aromatic nitrogens is 1. The summed E-state index contributed by atoms with van der Waals surface area (Å²) >= 11 is 0. The maximum Gasteiger partial charge on any atom is 0.254 e. The molecule has 0 radical (unpaired) electrons. The molecule has 154 valence electrons. The van der Waals surface area contributed by atoms with E-state index in [-0.39, 0.29) is 24.6 Å². The first-order valence-electron chi connectivity index (χ1n) is 10.2. The lowest BCUT2D eigenvalue weighted by atomic mass is 9.91. The Morgan fingerprint density at radius 3 is 2.68 bits per heavy atom. The number of aromatic amines is 1. The number of H-pyrrole nitrogens is 1. The van der Waals surface area contributed by atoms with Crippen molar-refractivity contribution >= 4 is 16.8 Å². The van der Waals surface area contributed by atoms with Gasteiger partial charge in [0.2, 0.25) is 6.79 Å². The second-order valence-corrected chi connectivity index (χ2v) is 7.83. The topological polar surface area (TPSA) is 54.6 Å². The molecule has 0 bridgehead atoms. The fraction of sp³-hybridized carbons (Fsp3) is 0.160. The van der Waals surface area contributed by atoms with Gasteiger partial charge in [0.25, 0.3) is 5.91 Å². The Hall–Kier alpha value is -3.80. The van der Waals surface area contributed by atoms with E-state index in [1.807, 2.05) is 35.2 Å². The lowest BCUT2D eigenvalue weighted by Crippen LogP contribution is -2.40. The highest BCUT2D eigenvalue weighted by Crippen LogP contribution is 2.42. The highest BCUT2D eigenvalue weighted by atomic mass is 19.1. The van der Waals surface area contributed by atoms with Crippen molar-refractivity contribution in [3.8, 4) is 11.5 Å². The first-order valence-corrected chi connectivity index (χ1v) is 10.2. The van der Waals surface area contributed by atoms with Crippen LogP contribution in [0.2, 0.25) is 0 Å². The third-order valence-electron chi connectivity index (χ3n) is 6.10. The van der Waals surface area contributed by atoms with Crippen molar-refractivity contribution in [2.45, 2.75) is 12.5 Å².